The van der Waals surface area contributed by atoms with E-state index in [1.165, 1.54) is 23.9 Å². The van der Waals surface area contributed by atoms with Crippen LogP contribution in [0.25, 0.3) is 22.5 Å². The van der Waals surface area contributed by atoms with Gasteiger partial charge in [-0.05, 0) is 42.3 Å². The fourth-order valence-corrected chi connectivity index (χ4v) is 3.15. The third kappa shape index (κ3) is 3.37. The topological polar surface area (TPSA) is 51.2 Å². The molecule has 0 aliphatic carbocycles. The number of halogens is 2. The van der Waals surface area contributed by atoms with Gasteiger partial charge in [0.05, 0.1) is 11.1 Å². The van der Waals surface area contributed by atoms with Gasteiger partial charge in [-0.25, -0.2) is 13.8 Å². The van der Waals surface area contributed by atoms with E-state index >= 15 is 0 Å². The summed E-state index contributed by atoms with van der Waals surface area (Å²) in [5.74, 6) is 2.79. The molecule has 0 amide bonds. The fourth-order valence-electron chi connectivity index (χ4n) is 2.83. The van der Waals surface area contributed by atoms with E-state index in [0.717, 1.165) is 0 Å². The van der Waals surface area contributed by atoms with Crippen molar-refractivity contribution in [2.24, 2.45) is 9.98 Å². The summed E-state index contributed by atoms with van der Waals surface area (Å²) in [5.41, 5.74) is 6.11. The molecule has 0 spiro atoms. The Morgan fingerprint density at radius 2 is 2.00 bits per heavy atom. The predicted octanol–water partition coefficient (Wildman–Crippen LogP) is 4.39. The van der Waals surface area contributed by atoms with Crippen molar-refractivity contribution in [3.8, 4) is 17.1 Å². The highest BCUT2D eigenvalue weighted by molar-refractivity contribution is 8.13. The Kier molecular flexibility index (Phi) is 5.08. The minimum absolute atomic E-state index is 0.0791. The molecule has 0 radical (unpaired) electrons. The van der Waals surface area contributed by atoms with E-state index in [9.17, 15) is 8.78 Å². The SMILES string of the molecule is CSC1=NC(c2c(-c3ccc(F)cc3)nn3c(OCCF)cccc23)=C=C=N1. The summed E-state index contributed by atoms with van der Waals surface area (Å²) in [4.78, 5) is 8.56. The first-order valence-electron chi connectivity index (χ1n) is 8.39. The molecule has 140 valence electrons. The maximum absolute atomic E-state index is 13.4. The summed E-state index contributed by atoms with van der Waals surface area (Å²) in [6.45, 7) is -0.689. The summed E-state index contributed by atoms with van der Waals surface area (Å²) in [6, 6.07) is 11.4. The van der Waals surface area contributed by atoms with E-state index in [1.807, 2.05) is 12.3 Å². The summed E-state index contributed by atoms with van der Waals surface area (Å²) in [7, 11) is 0. The van der Waals surface area contributed by atoms with Crippen molar-refractivity contribution in [3.05, 3.63) is 59.6 Å². The number of alkyl halides is 1. The van der Waals surface area contributed by atoms with Crippen LogP contribution in [-0.2, 0) is 0 Å². The number of fused-ring (bicyclic) bond motifs is 1. The third-order valence-electron chi connectivity index (χ3n) is 4.02. The minimum Gasteiger partial charge on any atom is -0.475 e. The molecule has 28 heavy (non-hydrogen) atoms. The summed E-state index contributed by atoms with van der Waals surface area (Å²) in [5, 5.41) is 5.19. The van der Waals surface area contributed by atoms with Crippen molar-refractivity contribution >= 4 is 34.0 Å². The molecule has 0 N–H and O–H groups in total. The lowest BCUT2D eigenvalue weighted by Gasteiger charge is -2.06. The van der Waals surface area contributed by atoms with Crippen LogP contribution < -0.4 is 4.74 Å². The van der Waals surface area contributed by atoms with Crippen LogP contribution in [0.2, 0.25) is 0 Å². The van der Waals surface area contributed by atoms with E-state index in [4.69, 9.17) is 4.74 Å². The average molecular weight is 396 g/mol. The molecular formula is C20H14F2N4OS. The number of rotatable bonds is 5. The second-order valence-corrected chi connectivity index (χ2v) is 6.50. The van der Waals surface area contributed by atoms with E-state index < -0.39 is 6.67 Å². The van der Waals surface area contributed by atoms with Gasteiger partial charge in [0.15, 0.2) is 5.17 Å². The summed E-state index contributed by atoms with van der Waals surface area (Å²) < 4.78 is 33.1. The zero-order chi connectivity index (χ0) is 19.5. The van der Waals surface area contributed by atoms with Gasteiger partial charge in [0.2, 0.25) is 5.88 Å². The number of hydrogen-bond donors (Lipinski definition) is 0. The smallest absolute Gasteiger partial charge is 0.215 e. The first kappa shape index (κ1) is 18.2. The number of benzene rings is 1. The standard InChI is InChI=1S/C20H14F2N4OS/c1-28-20-23-11-9-15(24-20)18-16-3-2-4-17(27-12-10-21)26(16)25-19(18)13-5-7-14(22)8-6-13/h2-8H,10,12H2,1H3. The molecule has 3 heterocycles. The first-order valence-corrected chi connectivity index (χ1v) is 9.62. The van der Waals surface area contributed by atoms with Crippen molar-refractivity contribution < 1.29 is 13.5 Å². The van der Waals surface area contributed by atoms with Crippen LogP contribution in [-0.4, -0.2) is 40.2 Å². The van der Waals surface area contributed by atoms with Gasteiger partial charge in [-0.15, -0.1) is 0 Å². The van der Waals surface area contributed by atoms with E-state index in [1.54, 1.807) is 28.8 Å². The normalized spacial score (nSPS) is 13.0. The highest BCUT2D eigenvalue weighted by Crippen LogP contribution is 2.34. The van der Waals surface area contributed by atoms with Gasteiger partial charge in [0.25, 0.3) is 0 Å². The predicted molar refractivity (Wildman–Crippen MR) is 107 cm³/mol. The summed E-state index contributed by atoms with van der Waals surface area (Å²) in [6.07, 6.45) is 1.87. The summed E-state index contributed by atoms with van der Waals surface area (Å²) >= 11 is 1.39. The average Bonchev–Trinajstić information content (AvgIpc) is 3.13. The lowest BCUT2D eigenvalue weighted by Crippen LogP contribution is -2.03. The van der Waals surface area contributed by atoms with Crippen molar-refractivity contribution in [1.82, 2.24) is 9.61 Å². The van der Waals surface area contributed by atoms with Crippen molar-refractivity contribution in [1.29, 1.82) is 0 Å². The molecule has 5 nitrogen and oxygen atoms in total. The van der Waals surface area contributed by atoms with Gasteiger partial charge < -0.3 is 4.74 Å². The monoisotopic (exact) mass is 396 g/mol. The molecular weight excluding hydrogens is 382 g/mol. The number of aliphatic imine (C=N–C) groups is 2. The molecule has 0 saturated carbocycles. The zero-order valence-corrected chi connectivity index (χ0v) is 15.6. The van der Waals surface area contributed by atoms with Crippen LogP contribution >= 0.6 is 11.8 Å². The molecule has 0 saturated heterocycles. The number of nitrogens with zero attached hydrogens (tertiary/aromatic N) is 4. The Labute approximate surface area is 163 Å². The van der Waals surface area contributed by atoms with Gasteiger partial charge in [-0.2, -0.15) is 14.6 Å². The second-order valence-electron chi connectivity index (χ2n) is 5.72. The van der Waals surface area contributed by atoms with Crippen LogP contribution in [0.5, 0.6) is 5.88 Å². The number of pyridine rings is 1. The molecule has 0 bridgehead atoms. The van der Waals surface area contributed by atoms with Crippen LogP contribution in [0.3, 0.4) is 0 Å². The van der Waals surface area contributed by atoms with Gasteiger partial charge in [-0.3, -0.25) is 0 Å². The number of hydrogen-bond acceptors (Lipinski definition) is 5. The molecule has 1 aromatic carbocycles. The largest absolute Gasteiger partial charge is 0.475 e. The van der Waals surface area contributed by atoms with Gasteiger partial charge in [-0.1, -0.05) is 17.8 Å². The Morgan fingerprint density at radius 1 is 1.18 bits per heavy atom. The number of aromatic nitrogens is 2. The highest BCUT2D eigenvalue weighted by Gasteiger charge is 2.21. The molecule has 1 aliphatic rings. The fraction of sp³-hybridized carbons (Fsp3) is 0.150. The van der Waals surface area contributed by atoms with Crippen LogP contribution in [0.4, 0.5) is 8.78 Å². The van der Waals surface area contributed by atoms with E-state index in [2.05, 4.69) is 26.7 Å². The highest BCUT2D eigenvalue weighted by atomic mass is 32.2. The Morgan fingerprint density at radius 3 is 2.75 bits per heavy atom. The molecule has 2 aromatic heterocycles. The maximum atomic E-state index is 13.4. The maximum Gasteiger partial charge on any atom is 0.215 e. The van der Waals surface area contributed by atoms with Crippen molar-refractivity contribution in [2.45, 2.75) is 0 Å². The lowest BCUT2D eigenvalue weighted by molar-refractivity contribution is 0.259. The molecule has 8 heteroatoms. The number of ether oxygens (including phenoxy) is 1. The molecule has 0 unspecified atom stereocenters. The van der Waals surface area contributed by atoms with E-state index in [-0.39, 0.29) is 12.4 Å². The van der Waals surface area contributed by atoms with Gasteiger partial charge in [0.1, 0.15) is 30.5 Å². The van der Waals surface area contributed by atoms with Crippen LogP contribution in [0.1, 0.15) is 5.56 Å². The Bertz CT molecular complexity index is 1170. The molecule has 1 aliphatic heterocycles. The molecule has 4 rings (SSSR count). The Hall–Kier alpha value is -3.18. The van der Waals surface area contributed by atoms with Crippen molar-refractivity contribution in [3.63, 3.8) is 0 Å². The van der Waals surface area contributed by atoms with Gasteiger partial charge in [0, 0.05) is 17.5 Å². The van der Waals surface area contributed by atoms with Crippen molar-refractivity contribution in [2.75, 3.05) is 19.5 Å². The quantitative estimate of drug-likeness (QED) is 0.601. The second kappa shape index (κ2) is 7.82. The minimum atomic E-state index is -0.610. The number of amidine groups is 1. The molecule has 0 atom stereocenters. The van der Waals surface area contributed by atoms with Crippen LogP contribution in [0.15, 0.2) is 58.2 Å². The third-order valence-corrected chi connectivity index (χ3v) is 4.57. The lowest BCUT2D eigenvalue weighted by atomic mass is 10.0. The van der Waals surface area contributed by atoms with Gasteiger partial charge >= 0.3 is 0 Å². The van der Waals surface area contributed by atoms with E-state index in [0.29, 0.717) is 39.1 Å². The molecule has 0 fully saturated rings. The zero-order valence-electron chi connectivity index (χ0n) is 14.8. The number of thioether (sulfide) groups is 1. The molecule has 3 aromatic rings. The Balaban J connectivity index is 1.99. The first-order chi connectivity index (χ1) is 13.7. The van der Waals surface area contributed by atoms with Crippen LogP contribution in [0, 0.1) is 5.82 Å².